The molecule has 0 radical (unpaired) electrons. The van der Waals surface area contributed by atoms with Crippen LogP contribution in [0.3, 0.4) is 0 Å². The molecule has 5 N–H and O–H groups in total. The Labute approximate surface area is 205 Å². The van der Waals surface area contributed by atoms with Crippen molar-refractivity contribution in [2.75, 3.05) is 10.6 Å². The highest BCUT2D eigenvalue weighted by atomic mass is 35.5. The Kier molecular flexibility index (Phi) is 7.05. The van der Waals surface area contributed by atoms with Gasteiger partial charge in [-0.25, -0.2) is 13.2 Å². The second-order valence-corrected chi connectivity index (χ2v) is 13.2. The first-order chi connectivity index (χ1) is 16.0. The number of carbonyl (C=O) groups is 1. The summed E-state index contributed by atoms with van der Waals surface area (Å²) in [7, 11) is -13.5. The van der Waals surface area contributed by atoms with Crippen LogP contribution in [0.25, 0.3) is 10.8 Å². The molecule has 0 saturated heterocycles. The van der Waals surface area contributed by atoms with Crippen molar-refractivity contribution < 1.29 is 44.3 Å². The fourth-order valence-corrected chi connectivity index (χ4v) is 5.38. The minimum Gasteiger partial charge on any atom is -0.507 e. The third kappa shape index (κ3) is 5.83. The molecule has 0 fully saturated rings. The highest BCUT2D eigenvalue weighted by Gasteiger charge is 2.23. The molecule has 0 heterocycles. The molecule has 0 bridgehead atoms. The molecule has 1 atom stereocenters. The molecule has 3 aromatic rings. The van der Waals surface area contributed by atoms with Crippen molar-refractivity contribution in [3.8, 4) is 5.75 Å². The Morgan fingerprint density at radius 1 is 0.857 bits per heavy atom. The highest BCUT2D eigenvalue weighted by Crippen LogP contribution is 2.36. The van der Waals surface area contributed by atoms with Crippen LogP contribution in [-0.4, -0.2) is 50.2 Å². The number of sulfone groups is 1. The fraction of sp³-hybridized carbons (Fsp3) is 0.105. The molecule has 3 aromatic carbocycles. The van der Waals surface area contributed by atoms with E-state index in [1.54, 1.807) is 0 Å². The van der Waals surface area contributed by atoms with Gasteiger partial charge in [0.05, 0.1) is 20.4 Å². The summed E-state index contributed by atoms with van der Waals surface area (Å²) in [6.45, 7) is 1.26. The topological polar surface area (TPSA) is 204 Å². The predicted octanol–water partition coefficient (Wildman–Crippen LogP) is 3.04. The molecule has 12 nitrogen and oxygen atoms in total. The average molecular weight is 565 g/mol. The lowest BCUT2D eigenvalue weighted by Gasteiger charge is -2.14. The number of amides is 2. The lowest BCUT2D eigenvalue weighted by atomic mass is 10.1. The van der Waals surface area contributed by atoms with Gasteiger partial charge in [-0.3, -0.25) is 9.11 Å². The number of rotatable bonds is 6. The molecular weight excluding hydrogens is 548 g/mol. The zero-order valence-electron chi connectivity index (χ0n) is 17.5. The standard InChI is InChI=1S/C19H17ClN2O10S3/c1-10(20)33(25,26)13-4-2-3-12(7-13)21-19(24)22-16-8-14(34(27,28)29)5-11-6-15(35(30,31)32)9-17(23)18(11)16/h2-10,23H,1H3,(H2,21,22,24)(H,27,28,29)(H,30,31,32). The van der Waals surface area contributed by atoms with Crippen LogP contribution < -0.4 is 10.6 Å². The van der Waals surface area contributed by atoms with Crippen molar-refractivity contribution >= 4 is 69.9 Å². The average Bonchev–Trinajstić information content (AvgIpc) is 2.71. The lowest BCUT2D eigenvalue weighted by Crippen LogP contribution is -2.20. The van der Waals surface area contributed by atoms with Gasteiger partial charge in [-0.05, 0) is 48.7 Å². The SMILES string of the molecule is CC(Cl)S(=O)(=O)c1cccc(NC(=O)Nc2cc(S(=O)(=O)O)cc3cc(S(=O)(=O)O)cc(O)c23)c1. The Bertz CT molecular complexity index is 1660. The van der Waals surface area contributed by atoms with Gasteiger partial charge in [-0.1, -0.05) is 6.07 Å². The molecule has 35 heavy (non-hydrogen) atoms. The van der Waals surface area contributed by atoms with Crippen molar-refractivity contribution in [2.45, 2.75) is 26.3 Å². The van der Waals surface area contributed by atoms with Gasteiger partial charge in [0.25, 0.3) is 20.2 Å². The zero-order valence-corrected chi connectivity index (χ0v) is 20.7. The first-order valence-corrected chi connectivity index (χ1v) is 14.2. The monoisotopic (exact) mass is 564 g/mol. The van der Waals surface area contributed by atoms with E-state index in [0.717, 1.165) is 24.3 Å². The van der Waals surface area contributed by atoms with Gasteiger partial charge in [0.15, 0.2) is 9.84 Å². The fourth-order valence-electron chi connectivity index (χ4n) is 3.06. The molecule has 16 heteroatoms. The predicted molar refractivity (Wildman–Crippen MR) is 127 cm³/mol. The Hall–Kier alpha value is -2.95. The summed E-state index contributed by atoms with van der Waals surface area (Å²) in [5, 5.41) is 14.4. The summed E-state index contributed by atoms with van der Waals surface area (Å²) in [4.78, 5) is 10.9. The Morgan fingerprint density at radius 3 is 1.97 bits per heavy atom. The largest absolute Gasteiger partial charge is 0.507 e. The number of anilines is 2. The van der Waals surface area contributed by atoms with Crippen LogP contribution in [0.4, 0.5) is 16.2 Å². The molecule has 0 aliphatic rings. The molecule has 1 unspecified atom stereocenters. The molecule has 0 saturated carbocycles. The first-order valence-electron chi connectivity index (χ1n) is 9.32. The van der Waals surface area contributed by atoms with Crippen LogP contribution in [0.1, 0.15) is 6.92 Å². The number of alkyl halides is 1. The van der Waals surface area contributed by atoms with Crippen LogP contribution >= 0.6 is 11.6 Å². The quantitative estimate of drug-likeness (QED) is 0.218. The first kappa shape index (κ1) is 26.7. The van der Waals surface area contributed by atoms with Gasteiger partial charge < -0.3 is 15.7 Å². The second-order valence-electron chi connectivity index (χ2n) is 7.16. The molecule has 3 rings (SSSR count). The number of nitrogens with one attached hydrogen (secondary N) is 2. The zero-order chi connectivity index (χ0) is 26.3. The van der Waals surface area contributed by atoms with E-state index in [4.69, 9.17) is 11.6 Å². The number of carbonyl (C=O) groups excluding carboxylic acids is 1. The Morgan fingerprint density at radius 2 is 1.43 bits per heavy atom. The third-order valence-electron chi connectivity index (χ3n) is 4.67. The van der Waals surface area contributed by atoms with Crippen LogP contribution in [-0.2, 0) is 30.1 Å². The summed E-state index contributed by atoms with van der Waals surface area (Å²) in [5.74, 6) is -0.739. The molecule has 0 aliphatic heterocycles. The minimum absolute atomic E-state index is 0.0222. The van der Waals surface area contributed by atoms with Crippen LogP contribution in [0, 0.1) is 0 Å². The van der Waals surface area contributed by atoms with E-state index in [2.05, 4.69) is 10.6 Å². The summed E-state index contributed by atoms with van der Waals surface area (Å²) in [5.41, 5.74) is -0.334. The van der Waals surface area contributed by atoms with E-state index < -0.39 is 56.4 Å². The number of phenols is 1. The van der Waals surface area contributed by atoms with E-state index in [1.165, 1.54) is 25.1 Å². The van der Waals surface area contributed by atoms with Gasteiger partial charge in [-0.2, -0.15) is 16.8 Å². The van der Waals surface area contributed by atoms with Crippen molar-refractivity contribution in [1.29, 1.82) is 0 Å². The summed E-state index contributed by atoms with van der Waals surface area (Å²) < 4.78 is 88.2. The van der Waals surface area contributed by atoms with Crippen molar-refractivity contribution in [2.24, 2.45) is 0 Å². The van der Waals surface area contributed by atoms with Crippen molar-refractivity contribution in [1.82, 2.24) is 0 Å². The van der Waals surface area contributed by atoms with Gasteiger partial charge in [-0.15, -0.1) is 11.6 Å². The molecule has 0 spiro atoms. The number of fused-ring (bicyclic) bond motifs is 1. The lowest BCUT2D eigenvalue weighted by molar-refractivity contribution is 0.262. The summed E-state index contributed by atoms with van der Waals surface area (Å²) in [6, 6.07) is 7.23. The number of halogens is 1. The number of benzene rings is 3. The number of phenolic OH excluding ortho intramolecular Hbond substituents is 1. The van der Waals surface area contributed by atoms with Crippen molar-refractivity contribution in [3.63, 3.8) is 0 Å². The van der Waals surface area contributed by atoms with Gasteiger partial charge in [0.2, 0.25) is 0 Å². The van der Waals surface area contributed by atoms with E-state index in [1.807, 2.05) is 0 Å². The van der Waals surface area contributed by atoms with E-state index in [0.29, 0.717) is 6.07 Å². The van der Waals surface area contributed by atoms with Gasteiger partial charge in [0, 0.05) is 17.1 Å². The number of hydrogen-bond acceptors (Lipinski definition) is 8. The number of aromatic hydroxyl groups is 1. The van der Waals surface area contributed by atoms with Crippen molar-refractivity contribution in [3.05, 3.63) is 48.5 Å². The van der Waals surface area contributed by atoms with Crippen LogP contribution in [0.2, 0.25) is 0 Å². The summed E-state index contributed by atoms with van der Waals surface area (Å²) in [6.07, 6.45) is 0. The summed E-state index contributed by atoms with van der Waals surface area (Å²) >= 11 is 5.70. The molecule has 2 amide bonds. The smallest absolute Gasteiger partial charge is 0.323 e. The maximum absolute atomic E-state index is 12.6. The number of urea groups is 1. The van der Waals surface area contributed by atoms with Crippen LogP contribution in [0.5, 0.6) is 5.75 Å². The minimum atomic E-state index is -4.85. The highest BCUT2D eigenvalue weighted by molar-refractivity contribution is 7.93. The normalized spacial score (nSPS) is 13.4. The maximum Gasteiger partial charge on any atom is 0.323 e. The molecular formula is C19H17ClN2O10S3. The second kappa shape index (κ2) is 9.25. The Balaban J connectivity index is 2.06. The van der Waals surface area contributed by atoms with E-state index >= 15 is 0 Å². The van der Waals surface area contributed by atoms with Gasteiger partial charge in [0.1, 0.15) is 10.5 Å². The van der Waals surface area contributed by atoms with E-state index in [9.17, 15) is 44.3 Å². The van der Waals surface area contributed by atoms with Crippen LogP contribution in [0.15, 0.2) is 63.2 Å². The van der Waals surface area contributed by atoms with E-state index in [-0.39, 0.29) is 27.0 Å². The third-order valence-corrected chi connectivity index (χ3v) is 8.80. The van der Waals surface area contributed by atoms with Gasteiger partial charge >= 0.3 is 6.03 Å². The number of hydrogen-bond donors (Lipinski definition) is 5. The molecule has 0 aliphatic carbocycles. The molecule has 0 aromatic heterocycles. The molecule has 188 valence electrons. The maximum atomic E-state index is 12.6.